The van der Waals surface area contributed by atoms with Crippen molar-refractivity contribution in [2.75, 3.05) is 26.4 Å². The molecule has 0 bridgehead atoms. The quantitative estimate of drug-likeness (QED) is 0.299. The Hall–Kier alpha value is -0.400. The van der Waals surface area contributed by atoms with E-state index in [1.54, 1.807) is 0 Å². The van der Waals surface area contributed by atoms with Crippen molar-refractivity contribution in [3.63, 3.8) is 0 Å². The van der Waals surface area contributed by atoms with E-state index >= 15 is 0 Å². The predicted molar refractivity (Wildman–Crippen MR) is 65.3 cm³/mol. The molecule has 0 aliphatic carbocycles. The summed E-state index contributed by atoms with van der Waals surface area (Å²) in [6.45, 7) is -2.12. The van der Waals surface area contributed by atoms with Crippen LogP contribution in [0.4, 0.5) is 0 Å². The summed E-state index contributed by atoms with van der Waals surface area (Å²) in [6.07, 6.45) is -7.62. The maximum atomic E-state index is 10.1. The smallest absolute Gasteiger partial charge is 0.222 e. The van der Waals surface area contributed by atoms with Gasteiger partial charge in [-0.3, -0.25) is 0 Å². The summed E-state index contributed by atoms with van der Waals surface area (Å²) in [5.74, 6) is -3.49. The van der Waals surface area contributed by atoms with Crippen molar-refractivity contribution >= 4 is 0 Å². The number of hydrogen-bond acceptors (Lipinski definition) is 10. The van der Waals surface area contributed by atoms with Gasteiger partial charge >= 0.3 is 0 Å². The van der Waals surface area contributed by atoms with Crippen molar-refractivity contribution < 1.29 is 49.6 Å². The van der Waals surface area contributed by atoms with Gasteiger partial charge in [-0.25, -0.2) is 0 Å². The fourth-order valence-corrected chi connectivity index (χ4v) is 3.13. The van der Waals surface area contributed by atoms with Gasteiger partial charge in [0.25, 0.3) is 0 Å². The maximum Gasteiger partial charge on any atom is 0.222 e. The summed E-state index contributed by atoms with van der Waals surface area (Å²) >= 11 is 0. The molecule has 2 unspecified atom stereocenters. The average Bonchev–Trinajstić information content (AvgIpc) is 2.95. The van der Waals surface area contributed by atoms with Gasteiger partial charge < -0.3 is 49.6 Å². The number of rotatable bonds is 3. The number of ether oxygens (including phenoxy) is 4. The lowest BCUT2D eigenvalue weighted by atomic mass is 9.99. The molecule has 0 saturated carbocycles. The molecule has 3 heterocycles. The summed E-state index contributed by atoms with van der Waals surface area (Å²) in [5, 5.41) is 58.0. The van der Waals surface area contributed by atoms with Crippen molar-refractivity contribution in [3.05, 3.63) is 0 Å². The Morgan fingerprint density at radius 1 is 0.864 bits per heavy atom. The summed E-state index contributed by atoms with van der Waals surface area (Å²) in [5.41, 5.74) is 0. The van der Waals surface area contributed by atoms with E-state index in [1.807, 2.05) is 0 Å². The summed E-state index contributed by atoms with van der Waals surface area (Å²) in [7, 11) is 0. The second-order valence-electron chi connectivity index (χ2n) is 5.71. The van der Waals surface area contributed by atoms with E-state index in [-0.39, 0.29) is 0 Å². The minimum Gasteiger partial charge on any atom is -0.394 e. The van der Waals surface area contributed by atoms with Gasteiger partial charge in [0.1, 0.15) is 49.8 Å². The number of hydrogen-bond donors (Lipinski definition) is 6. The highest BCUT2D eigenvalue weighted by atomic mass is 16.8. The third-order valence-corrected chi connectivity index (χ3v) is 4.41. The fraction of sp³-hybridized carbons (Fsp3) is 1.00. The van der Waals surface area contributed by atoms with Crippen LogP contribution in [0.15, 0.2) is 0 Å². The van der Waals surface area contributed by atoms with Gasteiger partial charge in [0.15, 0.2) is 0 Å². The first-order chi connectivity index (χ1) is 10.4. The highest BCUT2D eigenvalue weighted by molar-refractivity contribution is 5.06. The van der Waals surface area contributed by atoms with Gasteiger partial charge in [0.2, 0.25) is 11.6 Å². The first-order valence-corrected chi connectivity index (χ1v) is 6.97. The topological polar surface area (TPSA) is 158 Å². The molecule has 0 aromatic rings. The minimum absolute atomic E-state index is 0.399. The van der Waals surface area contributed by atoms with Gasteiger partial charge in [0.05, 0.1) is 13.2 Å². The van der Waals surface area contributed by atoms with Crippen LogP contribution < -0.4 is 0 Å². The average molecular weight is 324 g/mol. The Morgan fingerprint density at radius 2 is 1.50 bits per heavy atom. The second-order valence-corrected chi connectivity index (χ2v) is 5.71. The molecule has 8 atom stereocenters. The van der Waals surface area contributed by atoms with Crippen molar-refractivity contribution in [3.8, 4) is 0 Å². The Morgan fingerprint density at radius 3 is 2.05 bits per heavy atom. The van der Waals surface area contributed by atoms with E-state index in [0.717, 1.165) is 0 Å². The van der Waals surface area contributed by atoms with Crippen LogP contribution in [-0.2, 0) is 18.9 Å². The molecule has 0 radical (unpaired) electrons. The second kappa shape index (κ2) is 5.60. The van der Waals surface area contributed by atoms with Crippen molar-refractivity contribution in [1.82, 2.24) is 0 Å². The number of fused-ring (bicyclic) bond motifs is 1. The first-order valence-electron chi connectivity index (χ1n) is 6.97. The van der Waals surface area contributed by atoms with Crippen LogP contribution in [0.1, 0.15) is 0 Å². The number of aliphatic hydroxyl groups is 6. The van der Waals surface area contributed by atoms with Crippen molar-refractivity contribution in [2.45, 2.75) is 48.2 Å². The summed E-state index contributed by atoms with van der Waals surface area (Å²) < 4.78 is 21.7. The Balaban J connectivity index is 1.86. The SMILES string of the molecule is OC[C@H]1OC2(CO[C@]3(CO)O[C@H](CO)[C@@H](O)C3O2)[C@@H](O)[C@@H]1O. The zero-order valence-electron chi connectivity index (χ0n) is 11.6. The summed E-state index contributed by atoms with van der Waals surface area (Å²) in [6, 6.07) is 0. The fourth-order valence-electron chi connectivity index (χ4n) is 3.13. The van der Waals surface area contributed by atoms with E-state index in [4.69, 9.17) is 24.1 Å². The monoisotopic (exact) mass is 324 g/mol. The molecule has 3 fully saturated rings. The predicted octanol–water partition coefficient (Wildman–Crippen LogP) is -4.35. The Kier molecular flexibility index (Phi) is 4.19. The third kappa shape index (κ3) is 2.12. The van der Waals surface area contributed by atoms with Crippen LogP contribution in [0, 0.1) is 0 Å². The molecular weight excluding hydrogens is 304 g/mol. The molecule has 0 amide bonds. The van der Waals surface area contributed by atoms with Crippen LogP contribution >= 0.6 is 0 Å². The third-order valence-electron chi connectivity index (χ3n) is 4.41. The van der Waals surface area contributed by atoms with Crippen LogP contribution in [0.5, 0.6) is 0 Å². The van der Waals surface area contributed by atoms with E-state index < -0.39 is 74.6 Å². The van der Waals surface area contributed by atoms with Crippen LogP contribution in [0.25, 0.3) is 0 Å². The van der Waals surface area contributed by atoms with Gasteiger partial charge in [0, 0.05) is 0 Å². The molecule has 6 N–H and O–H groups in total. The Bertz CT molecular complexity index is 421. The van der Waals surface area contributed by atoms with Gasteiger partial charge in [-0.1, -0.05) is 0 Å². The van der Waals surface area contributed by atoms with Crippen molar-refractivity contribution in [2.24, 2.45) is 0 Å². The maximum absolute atomic E-state index is 10.1. The zero-order chi connectivity index (χ0) is 16.1. The largest absolute Gasteiger partial charge is 0.394 e. The molecule has 0 aromatic heterocycles. The molecule has 128 valence electrons. The Labute approximate surface area is 125 Å². The van der Waals surface area contributed by atoms with E-state index in [1.165, 1.54) is 0 Å². The standard InChI is InChI=1S/C12H20O10/c13-1-5-7(16)9(18)12(21-5)4-19-11(3-15)10(22-12)8(17)6(2-14)20-11/h5-10,13-18H,1-4H2/t5-,6-,7-,8-,9+,10?,11-,12?/m1/s1. The lowest BCUT2D eigenvalue weighted by Crippen LogP contribution is -2.65. The van der Waals surface area contributed by atoms with Crippen molar-refractivity contribution in [1.29, 1.82) is 0 Å². The summed E-state index contributed by atoms with van der Waals surface area (Å²) in [4.78, 5) is 0. The molecule has 10 nitrogen and oxygen atoms in total. The molecule has 22 heavy (non-hydrogen) atoms. The number of aliphatic hydroxyl groups excluding tert-OH is 6. The molecule has 1 spiro atoms. The highest BCUT2D eigenvalue weighted by Gasteiger charge is 2.67. The molecule has 3 aliphatic rings. The van der Waals surface area contributed by atoms with E-state index in [2.05, 4.69) is 0 Å². The van der Waals surface area contributed by atoms with Crippen LogP contribution in [-0.4, -0.2) is 105 Å². The van der Waals surface area contributed by atoms with Crippen LogP contribution in [0.2, 0.25) is 0 Å². The molecule has 3 aliphatic heterocycles. The van der Waals surface area contributed by atoms with Crippen LogP contribution in [0.3, 0.4) is 0 Å². The normalized spacial score (nSPS) is 54.8. The minimum atomic E-state index is -1.80. The highest BCUT2D eigenvalue weighted by Crippen LogP contribution is 2.45. The molecule has 3 rings (SSSR count). The lowest BCUT2D eigenvalue weighted by Gasteiger charge is -2.46. The first kappa shape index (κ1) is 16.5. The molecule has 10 heteroatoms. The molecular formula is C12H20O10. The van der Waals surface area contributed by atoms with Gasteiger partial charge in [-0.2, -0.15) is 0 Å². The van der Waals surface area contributed by atoms with E-state index in [0.29, 0.717) is 0 Å². The van der Waals surface area contributed by atoms with E-state index in [9.17, 15) is 25.5 Å². The molecule has 3 saturated heterocycles. The molecule has 0 aromatic carbocycles. The van der Waals surface area contributed by atoms with Gasteiger partial charge in [-0.05, 0) is 0 Å². The van der Waals surface area contributed by atoms with Gasteiger partial charge in [-0.15, -0.1) is 0 Å². The zero-order valence-corrected chi connectivity index (χ0v) is 11.6. The lowest BCUT2D eigenvalue weighted by molar-refractivity contribution is -0.411.